The Kier molecular flexibility index (Phi) is 5.98. The van der Waals surface area contributed by atoms with Gasteiger partial charge in [0.15, 0.2) is 0 Å². The van der Waals surface area contributed by atoms with Crippen molar-refractivity contribution in [3.8, 4) is 0 Å². The number of anilines is 1. The summed E-state index contributed by atoms with van der Waals surface area (Å²) >= 11 is 0. The second kappa shape index (κ2) is 7.28. The standard InChI is InChI=1S/C14H25N3/c1-5-9-15-12(3)14-8-7-13(11-16-14)17(4)10-6-2/h7-8,11-12,15H,5-6,9-10H2,1-4H3. The van der Waals surface area contributed by atoms with E-state index in [0.29, 0.717) is 6.04 Å². The maximum Gasteiger partial charge on any atom is 0.0572 e. The Morgan fingerprint density at radius 1 is 1.29 bits per heavy atom. The van der Waals surface area contributed by atoms with Crippen LogP contribution in [0.25, 0.3) is 0 Å². The van der Waals surface area contributed by atoms with Crippen LogP contribution in [0.5, 0.6) is 0 Å². The lowest BCUT2D eigenvalue weighted by molar-refractivity contribution is 0.558. The van der Waals surface area contributed by atoms with Crippen LogP contribution in [0, 0.1) is 0 Å². The second-order valence-corrected chi connectivity index (χ2v) is 4.54. The molecule has 0 aliphatic rings. The third-order valence-corrected chi connectivity index (χ3v) is 2.91. The van der Waals surface area contributed by atoms with Gasteiger partial charge in [-0.05, 0) is 38.4 Å². The molecule has 0 saturated heterocycles. The van der Waals surface area contributed by atoms with Crippen LogP contribution >= 0.6 is 0 Å². The van der Waals surface area contributed by atoms with Crippen molar-refractivity contribution >= 4 is 5.69 Å². The number of nitrogens with one attached hydrogen (secondary N) is 1. The number of aromatic nitrogens is 1. The molecule has 1 aromatic heterocycles. The van der Waals surface area contributed by atoms with E-state index in [1.165, 1.54) is 5.69 Å². The number of nitrogens with zero attached hydrogens (tertiary/aromatic N) is 2. The summed E-state index contributed by atoms with van der Waals surface area (Å²) in [6.45, 7) is 8.64. The zero-order chi connectivity index (χ0) is 12.7. The average molecular weight is 235 g/mol. The summed E-state index contributed by atoms with van der Waals surface area (Å²) in [6.07, 6.45) is 4.28. The summed E-state index contributed by atoms with van der Waals surface area (Å²) in [5.41, 5.74) is 2.31. The van der Waals surface area contributed by atoms with E-state index in [9.17, 15) is 0 Å². The molecule has 0 aliphatic heterocycles. The SMILES string of the molecule is CCCNC(C)c1ccc(N(C)CCC)cn1. The van der Waals surface area contributed by atoms with Crippen LogP contribution in [-0.2, 0) is 0 Å². The van der Waals surface area contributed by atoms with Gasteiger partial charge in [0.05, 0.1) is 17.6 Å². The highest BCUT2D eigenvalue weighted by Gasteiger charge is 2.06. The Morgan fingerprint density at radius 3 is 2.59 bits per heavy atom. The molecule has 1 aromatic rings. The van der Waals surface area contributed by atoms with Crippen molar-refractivity contribution in [1.82, 2.24) is 10.3 Å². The topological polar surface area (TPSA) is 28.2 Å². The van der Waals surface area contributed by atoms with Crippen LogP contribution in [0.3, 0.4) is 0 Å². The highest BCUT2D eigenvalue weighted by molar-refractivity contribution is 5.43. The third-order valence-electron chi connectivity index (χ3n) is 2.91. The first-order chi connectivity index (χ1) is 8.19. The molecule has 96 valence electrons. The van der Waals surface area contributed by atoms with Crippen LogP contribution in [0.4, 0.5) is 5.69 Å². The minimum Gasteiger partial charge on any atom is -0.373 e. The van der Waals surface area contributed by atoms with Gasteiger partial charge in [-0.2, -0.15) is 0 Å². The molecule has 0 spiro atoms. The van der Waals surface area contributed by atoms with Crippen molar-refractivity contribution in [1.29, 1.82) is 0 Å². The molecule has 0 radical (unpaired) electrons. The van der Waals surface area contributed by atoms with E-state index in [2.05, 4.69) is 55.2 Å². The van der Waals surface area contributed by atoms with Crippen molar-refractivity contribution in [3.63, 3.8) is 0 Å². The van der Waals surface area contributed by atoms with Gasteiger partial charge in [-0.15, -0.1) is 0 Å². The summed E-state index contributed by atoms with van der Waals surface area (Å²) in [5.74, 6) is 0. The molecule has 1 heterocycles. The van der Waals surface area contributed by atoms with Crippen LogP contribution < -0.4 is 10.2 Å². The lowest BCUT2D eigenvalue weighted by atomic mass is 10.2. The molecule has 0 bridgehead atoms. The van der Waals surface area contributed by atoms with Crippen LogP contribution in [0.2, 0.25) is 0 Å². The van der Waals surface area contributed by atoms with E-state index >= 15 is 0 Å². The van der Waals surface area contributed by atoms with Gasteiger partial charge in [0.25, 0.3) is 0 Å². The Hall–Kier alpha value is -1.09. The van der Waals surface area contributed by atoms with Gasteiger partial charge < -0.3 is 10.2 Å². The minimum absolute atomic E-state index is 0.334. The van der Waals surface area contributed by atoms with E-state index in [0.717, 1.165) is 31.6 Å². The van der Waals surface area contributed by atoms with Crippen molar-refractivity contribution in [3.05, 3.63) is 24.0 Å². The first kappa shape index (κ1) is 14.0. The first-order valence-electron chi connectivity index (χ1n) is 6.59. The molecule has 0 fully saturated rings. The molecule has 1 unspecified atom stereocenters. The fourth-order valence-electron chi connectivity index (χ4n) is 1.81. The Bertz CT molecular complexity index is 308. The normalized spacial score (nSPS) is 12.5. The highest BCUT2D eigenvalue weighted by Crippen LogP contribution is 2.15. The fourth-order valence-corrected chi connectivity index (χ4v) is 1.81. The molecule has 3 heteroatoms. The lowest BCUT2D eigenvalue weighted by Gasteiger charge is -2.19. The molecule has 1 atom stereocenters. The fraction of sp³-hybridized carbons (Fsp3) is 0.643. The number of rotatable bonds is 7. The summed E-state index contributed by atoms with van der Waals surface area (Å²) in [6, 6.07) is 4.61. The minimum atomic E-state index is 0.334. The predicted molar refractivity (Wildman–Crippen MR) is 74.5 cm³/mol. The highest BCUT2D eigenvalue weighted by atomic mass is 15.1. The Balaban J connectivity index is 2.60. The van der Waals surface area contributed by atoms with E-state index in [4.69, 9.17) is 0 Å². The molecule has 1 N–H and O–H groups in total. The van der Waals surface area contributed by atoms with Gasteiger partial charge in [0.2, 0.25) is 0 Å². The van der Waals surface area contributed by atoms with Crippen LogP contribution in [-0.4, -0.2) is 25.1 Å². The van der Waals surface area contributed by atoms with Gasteiger partial charge in [0, 0.05) is 19.6 Å². The van der Waals surface area contributed by atoms with E-state index in [1.807, 2.05) is 6.20 Å². The molecule has 0 amide bonds. The van der Waals surface area contributed by atoms with Crippen LogP contribution in [0.15, 0.2) is 18.3 Å². The zero-order valence-corrected chi connectivity index (χ0v) is 11.5. The smallest absolute Gasteiger partial charge is 0.0572 e. The predicted octanol–water partition coefficient (Wildman–Crippen LogP) is 2.99. The summed E-state index contributed by atoms with van der Waals surface area (Å²) in [5, 5.41) is 3.45. The molecule has 0 saturated carbocycles. The van der Waals surface area contributed by atoms with Gasteiger partial charge in [-0.25, -0.2) is 0 Å². The summed E-state index contributed by atoms with van der Waals surface area (Å²) < 4.78 is 0. The second-order valence-electron chi connectivity index (χ2n) is 4.54. The summed E-state index contributed by atoms with van der Waals surface area (Å²) in [7, 11) is 2.11. The Morgan fingerprint density at radius 2 is 2.06 bits per heavy atom. The lowest BCUT2D eigenvalue weighted by Crippen LogP contribution is -2.21. The molecule has 1 rings (SSSR count). The molecule has 0 aromatic carbocycles. The van der Waals surface area contributed by atoms with Gasteiger partial charge >= 0.3 is 0 Å². The third kappa shape index (κ3) is 4.35. The first-order valence-corrected chi connectivity index (χ1v) is 6.59. The van der Waals surface area contributed by atoms with Gasteiger partial charge in [-0.3, -0.25) is 4.98 Å². The maximum atomic E-state index is 4.53. The number of hydrogen-bond acceptors (Lipinski definition) is 3. The number of pyridine rings is 1. The maximum absolute atomic E-state index is 4.53. The van der Waals surface area contributed by atoms with Crippen LogP contribution in [0.1, 0.15) is 45.3 Å². The van der Waals surface area contributed by atoms with Gasteiger partial charge in [0.1, 0.15) is 0 Å². The largest absolute Gasteiger partial charge is 0.373 e. The van der Waals surface area contributed by atoms with Crippen molar-refractivity contribution in [2.24, 2.45) is 0 Å². The van der Waals surface area contributed by atoms with E-state index < -0.39 is 0 Å². The molecular weight excluding hydrogens is 210 g/mol. The zero-order valence-electron chi connectivity index (χ0n) is 11.5. The summed E-state index contributed by atoms with van der Waals surface area (Å²) in [4.78, 5) is 6.77. The quantitative estimate of drug-likeness (QED) is 0.787. The van der Waals surface area contributed by atoms with E-state index in [-0.39, 0.29) is 0 Å². The Labute approximate surface area is 105 Å². The van der Waals surface area contributed by atoms with Crippen molar-refractivity contribution in [2.45, 2.75) is 39.7 Å². The molecule has 3 nitrogen and oxygen atoms in total. The molecular formula is C14H25N3. The molecule has 17 heavy (non-hydrogen) atoms. The van der Waals surface area contributed by atoms with Crippen molar-refractivity contribution < 1.29 is 0 Å². The number of hydrogen-bond donors (Lipinski definition) is 1. The average Bonchev–Trinajstić information content (AvgIpc) is 2.36. The van der Waals surface area contributed by atoms with E-state index in [1.54, 1.807) is 0 Å². The molecule has 0 aliphatic carbocycles. The monoisotopic (exact) mass is 235 g/mol. The van der Waals surface area contributed by atoms with Crippen molar-refractivity contribution in [2.75, 3.05) is 25.0 Å². The van der Waals surface area contributed by atoms with Gasteiger partial charge in [-0.1, -0.05) is 13.8 Å².